The summed E-state index contributed by atoms with van der Waals surface area (Å²) in [4.78, 5) is 13.3. The second-order valence-electron chi connectivity index (χ2n) is 3.65. The number of amides is 1. The molecule has 1 aromatic carbocycles. The van der Waals surface area contributed by atoms with E-state index in [0.717, 1.165) is 27.7 Å². The summed E-state index contributed by atoms with van der Waals surface area (Å²) in [5.74, 6) is -0.108. The molecule has 86 valence electrons. The summed E-state index contributed by atoms with van der Waals surface area (Å²) in [7, 11) is 0. The Morgan fingerprint density at radius 2 is 2.31 bits per heavy atom. The molecule has 0 fully saturated rings. The van der Waals surface area contributed by atoms with Crippen LogP contribution in [0, 0.1) is 0 Å². The molecule has 1 aliphatic heterocycles. The molecule has 1 aliphatic rings. The molecule has 0 saturated carbocycles. The number of nitrogens with zero attached hydrogens (tertiary/aromatic N) is 1. The average Bonchev–Trinajstić information content (AvgIpc) is 2.70. The van der Waals surface area contributed by atoms with E-state index in [-0.39, 0.29) is 18.4 Å². The number of rotatable bonds is 2. The van der Waals surface area contributed by atoms with E-state index in [4.69, 9.17) is 11.6 Å². The van der Waals surface area contributed by atoms with Crippen molar-refractivity contribution in [1.29, 1.82) is 0 Å². The Morgan fingerprint density at radius 3 is 2.94 bits per heavy atom. The fraction of sp³-hybridized carbons (Fsp3) is 0.364. The lowest BCUT2D eigenvalue weighted by atomic mass is 10.1. The zero-order valence-corrected chi connectivity index (χ0v) is 10.9. The fourth-order valence-electron chi connectivity index (χ4n) is 2.02. The quantitative estimate of drug-likeness (QED) is 0.850. The Morgan fingerprint density at radius 1 is 1.56 bits per heavy atom. The van der Waals surface area contributed by atoms with Crippen LogP contribution in [0.3, 0.4) is 0 Å². The van der Waals surface area contributed by atoms with Crippen LogP contribution in [0.25, 0.3) is 0 Å². The predicted molar refractivity (Wildman–Crippen MR) is 66.8 cm³/mol. The van der Waals surface area contributed by atoms with E-state index in [1.54, 1.807) is 4.90 Å². The van der Waals surface area contributed by atoms with Gasteiger partial charge in [0.15, 0.2) is 0 Å². The van der Waals surface area contributed by atoms with Crippen molar-refractivity contribution in [1.82, 2.24) is 0 Å². The van der Waals surface area contributed by atoms with Crippen molar-refractivity contribution in [2.24, 2.45) is 0 Å². The number of benzene rings is 1. The van der Waals surface area contributed by atoms with Gasteiger partial charge in [-0.3, -0.25) is 4.79 Å². The molecule has 1 amide bonds. The Balaban J connectivity index is 2.46. The van der Waals surface area contributed by atoms with Gasteiger partial charge in [-0.1, -0.05) is 15.9 Å². The number of aliphatic hydroxyl groups is 1. The number of halogens is 2. The van der Waals surface area contributed by atoms with Gasteiger partial charge in [0, 0.05) is 16.7 Å². The van der Waals surface area contributed by atoms with Crippen LogP contribution in [-0.4, -0.2) is 23.4 Å². The Labute approximate surface area is 107 Å². The molecule has 1 aromatic rings. The molecular weight excluding hydrogens is 293 g/mol. The van der Waals surface area contributed by atoms with Crippen LogP contribution < -0.4 is 4.90 Å². The normalized spacial score (nSPS) is 14.1. The summed E-state index contributed by atoms with van der Waals surface area (Å²) in [5, 5.41) is 9.26. The predicted octanol–water partition coefficient (Wildman–Crippen LogP) is 2.07. The van der Waals surface area contributed by atoms with Crippen molar-refractivity contribution in [2.75, 3.05) is 17.3 Å². The highest BCUT2D eigenvalue weighted by Gasteiger charge is 2.26. The van der Waals surface area contributed by atoms with Gasteiger partial charge in [-0.05, 0) is 29.7 Å². The minimum Gasteiger partial charge on any atom is -0.392 e. The Bertz CT molecular complexity index is 436. The van der Waals surface area contributed by atoms with Gasteiger partial charge in [-0.2, -0.15) is 0 Å². The number of carbonyl (C=O) groups excluding carboxylic acids is 1. The van der Waals surface area contributed by atoms with Crippen LogP contribution in [0.1, 0.15) is 11.1 Å². The topological polar surface area (TPSA) is 40.5 Å². The van der Waals surface area contributed by atoms with E-state index < -0.39 is 0 Å². The maximum Gasteiger partial charge on any atom is 0.241 e. The number of hydrogen-bond acceptors (Lipinski definition) is 2. The van der Waals surface area contributed by atoms with Gasteiger partial charge in [0.05, 0.1) is 6.61 Å². The third-order valence-corrected chi connectivity index (χ3v) is 3.43. The molecule has 3 nitrogen and oxygen atoms in total. The highest BCUT2D eigenvalue weighted by Crippen LogP contribution is 2.34. The summed E-state index contributed by atoms with van der Waals surface area (Å²) in [6.07, 6.45) is 0.779. The molecule has 1 heterocycles. The highest BCUT2D eigenvalue weighted by molar-refractivity contribution is 9.10. The first-order valence-electron chi connectivity index (χ1n) is 4.96. The van der Waals surface area contributed by atoms with Gasteiger partial charge >= 0.3 is 0 Å². The van der Waals surface area contributed by atoms with Crippen LogP contribution in [0.5, 0.6) is 0 Å². The largest absolute Gasteiger partial charge is 0.392 e. The van der Waals surface area contributed by atoms with Gasteiger partial charge in [0.1, 0.15) is 5.88 Å². The van der Waals surface area contributed by atoms with Crippen molar-refractivity contribution < 1.29 is 9.90 Å². The van der Waals surface area contributed by atoms with Crippen LogP contribution in [0.4, 0.5) is 5.69 Å². The molecule has 0 aromatic heterocycles. The first kappa shape index (κ1) is 11.9. The molecule has 5 heteroatoms. The second kappa shape index (κ2) is 4.73. The fourth-order valence-corrected chi connectivity index (χ4v) is 2.66. The number of alkyl halides is 1. The summed E-state index contributed by atoms with van der Waals surface area (Å²) >= 11 is 8.93. The number of anilines is 1. The van der Waals surface area contributed by atoms with E-state index in [1.165, 1.54) is 0 Å². The molecule has 0 saturated heterocycles. The standard InChI is InChI=1S/C11H11BrClNO2/c12-8-3-7(6-15)9-1-2-14(10(9)4-8)11(16)5-13/h3-4,15H,1-2,5-6H2. The average molecular weight is 305 g/mol. The zero-order valence-electron chi connectivity index (χ0n) is 8.54. The number of fused-ring (bicyclic) bond motifs is 1. The van der Waals surface area contributed by atoms with Crippen molar-refractivity contribution in [2.45, 2.75) is 13.0 Å². The van der Waals surface area contributed by atoms with Crippen LogP contribution in [0.15, 0.2) is 16.6 Å². The monoisotopic (exact) mass is 303 g/mol. The van der Waals surface area contributed by atoms with Crippen LogP contribution in [-0.2, 0) is 17.8 Å². The molecular formula is C11H11BrClNO2. The molecule has 0 bridgehead atoms. The van der Waals surface area contributed by atoms with Gasteiger partial charge < -0.3 is 10.0 Å². The number of carbonyl (C=O) groups is 1. The first-order chi connectivity index (χ1) is 7.67. The second-order valence-corrected chi connectivity index (χ2v) is 4.83. The Kier molecular flexibility index (Phi) is 3.52. The molecule has 0 spiro atoms. The molecule has 2 rings (SSSR count). The van der Waals surface area contributed by atoms with Gasteiger partial charge in [-0.25, -0.2) is 0 Å². The van der Waals surface area contributed by atoms with Crippen molar-refractivity contribution in [3.8, 4) is 0 Å². The maximum absolute atomic E-state index is 11.6. The van der Waals surface area contributed by atoms with E-state index in [2.05, 4.69) is 15.9 Å². The lowest BCUT2D eigenvalue weighted by Crippen LogP contribution is -2.29. The van der Waals surface area contributed by atoms with E-state index in [0.29, 0.717) is 6.54 Å². The lowest BCUT2D eigenvalue weighted by Gasteiger charge is -2.16. The maximum atomic E-state index is 11.6. The third kappa shape index (κ3) is 1.97. The molecule has 0 radical (unpaired) electrons. The van der Waals surface area contributed by atoms with Crippen molar-refractivity contribution in [3.63, 3.8) is 0 Å². The van der Waals surface area contributed by atoms with E-state index in [1.807, 2.05) is 12.1 Å². The summed E-state index contributed by atoms with van der Waals surface area (Å²) in [6.45, 7) is 0.634. The smallest absolute Gasteiger partial charge is 0.241 e. The molecule has 0 atom stereocenters. The van der Waals surface area contributed by atoms with Crippen molar-refractivity contribution >= 4 is 39.1 Å². The van der Waals surface area contributed by atoms with Crippen molar-refractivity contribution in [3.05, 3.63) is 27.7 Å². The first-order valence-corrected chi connectivity index (χ1v) is 6.28. The lowest BCUT2D eigenvalue weighted by molar-refractivity contribution is -0.116. The van der Waals surface area contributed by atoms with Gasteiger partial charge in [0.25, 0.3) is 0 Å². The molecule has 0 unspecified atom stereocenters. The van der Waals surface area contributed by atoms with Gasteiger partial charge in [0.2, 0.25) is 5.91 Å². The number of hydrogen-bond donors (Lipinski definition) is 1. The summed E-state index contributed by atoms with van der Waals surface area (Å²) in [5.41, 5.74) is 2.78. The summed E-state index contributed by atoms with van der Waals surface area (Å²) in [6, 6.07) is 3.78. The SMILES string of the molecule is O=C(CCl)N1CCc2c(CO)cc(Br)cc21. The summed E-state index contributed by atoms with van der Waals surface area (Å²) < 4.78 is 0.865. The third-order valence-electron chi connectivity index (χ3n) is 2.75. The van der Waals surface area contributed by atoms with Crippen LogP contribution in [0.2, 0.25) is 0 Å². The molecule has 16 heavy (non-hydrogen) atoms. The zero-order chi connectivity index (χ0) is 11.7. The van der Waals surface area contributed by atoms with E-state index in [9.17, 15) is 9.90 Å². The van der Waals surface area contributed by atoms with E-state index >= 15 is 0 Å². The highest BCUT2D eigenvalue weighted by atomic mass is 79.9. The number of aliphatic hydroxyl groups excluding tert-OH is 1. The molecule has 1 N–H and O–H groups in total. The van der Waals surface area contributed by atoms with Gasteiger partial charge in [-0.15, -0.1) is 11.6 Å². The Hall–Kier alpha value is -0.580. The minimum absolute atomic E-state index is 0.00925. The van der Waals surface area contributed by atoms with Crippen LogP contribution >= 0.6 is 27.5 Å². The molecule has 0 aliphatic carbocycles. The minimum atomic E-state index is -0.0950.